The first kappa shape index (κ1) is 15.8. The zero-order valence-electron chi connectivity index (χ0n) is 13.2. The molecule has 0 heterocycles. The highest BCUT2D eigenvalue weighted by Crippen LogP contribution is 2.15. The standard InChI is InChI=1S/C21H18O3/c22-19-14-10-17(11-15-19)7-6-16-8-12-18(13-9-16)21(23)24-20-4-2-1-3-5-20/h1-5,8-15,22H,6-7H2. The number of para-hydroxylation sites is 1. The number of carbonyl (C=O) groups is 1. The maximum atomic E-state index is 12.1. The summed E-state index contributed by atoms with van der Waals surface area (Å²) in [6, 6.07) is 23.7. The van der Waals surface area contributed by atoms with Crippen molar-refractivity contribution in [2.24, 2.45) is 0 Å². The SMILES string of the molecule is O=C(Oc1ccccc1)c1ccc(CCc2ccc(O)cc2)cc1. The molecular formula is C21H18O3. The Morgan fingerprint density at radius 2 is 1.29 bits per heavy atom. The van der Waals surface area contributed by atoms with E-state index in [1.165, 1.54) is 5.56 Å². The number of esters is 1. The molecule has 0 aliphatic heterocycles. The van der Waals surface area contributed by atoms with E-state index < -0.39 is 0 Å². The van der Waals surface area contributed by atoms with Crippen LogP contribution in [-0.2, 0) is 12.8 Å². The van der Waals surface area contributed by atoms with E-state index in [1.807, 2.05) is 42.5 Å². The second kappa shape index (κ2) is 7.47. The van der Waals surface area contributed by atoms with Gasteiger partial charge in [0.15, 0.2) is 0 Å². The molecule has 0 aromatic heterocycles. The fraction of sp³-hybridized carbons (Fsp3) is 0.0952. The van der Waals surface area contributed by atoms with Crippen LogP contribution in [0.25, 0.3) is 0 Å². The number of aromatic hydroxyl groups is 1. The summed E-state index contributed by atoms with van der Waals surface area (Å²) in [5.41, 5.74) is 2.85. The summed E-state index contributed by atoms with van der Waals surface area (Å²) >= 11 is 0. The predicted molar refractivity (Wildman–Crippen MR) is 93.4 cm³/mol. The van der Waals surface area contributed by atoms with Crippen LogP contribution in [0.4, 0.5) is 0 Å². The van der Waals surface area contributed by atoms with Gasteiger partial charge in [0.1, 0.15) is 11.5 Å². The van der Waals surface area contributed by atoms with Gasteiger partial charge in [0.05, 0.1) is 5.56 Å². The van der Waals surface area contributed by atoms with Crippen LogP contribution >= 0.6 is 0 Å². The van der Waals surface area contributed by atoms with E-state index in [-0.39, 0.29) is 11.7 Å². The molecule has 3 aromatic rings. The van der Waals surface area contributed by atoms with Gasteiger partial charge >= 0.3 is 5.97 Å². The van der Waals surface area contributed by atoms with Gasteiger partial charge in [-0.1, -0.05) is 42.5 Å². The molecule has 1 N–H and O–H groups in total. The summed E-state index contributed by atoms with van der Waals surface area (Å²) in [5, 5.41) is 9.29. The molecule has 0 aliphatic carbocycles. The van der Waals surface area contributed by atoms with Crippen LogP contribution in [0.5, 0.6) is 11.5 Å². The summed E-state index contributed by atoms with van der Waals surface area (Å²) < 4.78 is 5.32. The molecule has 3 aromatic carbocycles. The van der Waals surface area contributed by atoms with Crippen LogP contribution in [0.2, 0.25) is 0 Å². The summed E-state index contributed by atoms with van der Waals surface area (Å²) in [6.45, 7) is 0. The minimum atomic E-state index is -0.355. The third-order valence-corrected chi connectivity index (χ3v) is 3.78. The number of aryl methyl sites for hydroxylation is 2. The zero-order chi connectivity index (χ0) is 16.8. The second-order valence-electron chi connectivity index (χ2n) is 5.57. The second-order valence-corrected chi connectivity index (χ2v) is 5.57. The fourth-order valence-electron chi connectivity index (χ4n) is 2.41. The van der Waals surface area contributed by atoms with Crippen LogP contribution < -0.4 is 4.74 Å². The maximum absolute atomic E-state index is 12.1. The summed E-state index contributed by atoms with van der Waals surface area (Å²) in [7, 11) is 0. The molecule has 0 saturated heterocycles. The van der Waals surface area contributed by atoms with Gasteiger partial charge in [0.2, 0.25) is 0 Å². The highest BCUT2D eigenvalue weighted by atomic mass is 16.5. The average molecular weight is 318 g/mol. The van der Waals surface area contributed by atoms with Gasteiger partial charge < -0.3 is 9.84 Å². The lowest BCUT2D eigenvalue weighted by Crippen LogP contribution is -2.08. The van der Waals surface area contributed by atoms with E-state index in [2.05, 4.69) is 0 Å². The van der Waals surface area contributed by atoms with Gasteiger partial charge in [0, 0.05) is 0 Å². The molecule has 3 nitrogen and oxygen atoms in total. The number of hydrogen-bond acceptors (Lipinski definition) is 3. The van der Waals surface area contributed by atoms with Gasteiger partial charge in [-0.2, -0.15) is 0 Å². The first-order chi connectivity index (χ1) is 11.7. The van der Waals surface area contributed by atoms with Crippen LogP contribution in [0.1, 0.15) is 21.5 Å². The third kappa shape index (κ3) is 4.23. The molecule has 0 saturated carbocycles. The lowest BCUT2D eigenvalue weighted by molar-refractivity contribution is 0.0735. The topological polar surface area (TPSA) is 46.5 Å². The molecule has 0 atom stereocenters. The molecule has 0 radical (unpaired) electrons. The molecule has 3 rings (SSSR count). The molecular weight excluding hydrogens is 300 g/mol. The van der Waals surface area contributed by atoms with Crippen molar-refractivity contribution in [3.8, 4) is 11.5 Å². The smallest absolute Gasteiger partial charge is 0.343 e. The number of rotatable bonds is 5. The van der Waals surface area contributed by atoms with Gasteiger partial charge in [-0.15, -0.1) is 0 Å². The predicted octanol–water partition coefficient (Wildman–Crippen LogP) is 4.40. The van der Waals surface area contributed by atoms with Crippen molar-refractivity contribution in [2.75, 3.05) is 0 Å². The summed E-state index contributed by atoms with van der Waals surface area (Å²) in [5.74, 6) is 0.463. The van der Waals surface area contributed by atoms with E-state index in [1.54, 1.807) is 36.4 Å². The lowest BCUT2D eigenvalue weighted by Gasteiger charge is -2.06. The molecule has 0 bridgehead atoms. The van der Waals surface area contributed by atoms with E-state index in [0.29, 0.717) is 11.3 Å². The third-order valence-electron chi connectivity index (χ3n) is 3.78. The number of ether oxygens (including phenoxy) is 1. The van der Waals surface area contributed by atoms with E-state index in [4.69, 9.17) is 4.74 Å². The summed E-state index contributed by atoms with van der Waals surface area (Å²) in [4.78, 5) is 12.1. The molecule has 0 amide bonds. The Morgan fingerprint density at radius 1 is 0.750 bits per heavy atom. The van der Waals surface area contributed by atoms with Crippen molar-refractivity contribution < 1.29 is 14.6 Å². The number of hydrogen-bond donors (Lipinski definition) is 1. The first-order valence-corrected chi connectivity index (χ1v) is 7.85. The first-order valence-electron chi connectivity index (χ1n) is 7.85. The van der Waals surface area contributed by atoms with Crippen molar-refractivity contribution in [3.05, 3.63) is 95.6 Å². The van der Waals surface area contributed by atoms with Gasteiger partial charge in [-0.3, -0.25) is 0 Å². The number of phenols is 1. The number of benzene rings is 3. The molecule has 3 heteroatoms. The molecule has 120 valence electrons. The fourth-order valence-corrected chi connectivity index (χ4v) is 2.41. The number of phenolic OH excluding ortho intramolecular Hbond substituents is 1. The van der Waals surface area contributed by atoms with E-state index in [0.717, 1.165) is 18.4 Å². The van der Waals surface area contributed by atoms with Gasteiger partial charge in [-0.05, 0) is 60.4 Å². The van der Waals surface area contributed by atoms with Crippen LogP contribution in [0.15, 0.2) is 78.9 Å². The highest BCUT2D eigenvalue weighted by molar-refractivity contribution is 5.91. The van der Waals surface area contributed by atoms with E-state index >= 15 is 0 Å². The largest absolute Gasteiger partial charge is 0.508 e. The molecule has 0 spiro atoms. The Balaban J connectivity index is 1.58. The Kier molecular flexibility index (Phi) is 4.92. The monoisotopic (exact) mass is 318 g/mol. The lowest BCUT2D eigenvalue weighted by atomic mass is 10.0. The summed E-state index contributed by atoms with van der Waals surface area (Å²) in [6.07, 6.45) is 1.76. The zero-order valence-corrected chi connectivity index (χ0v) is 13.2. The quantitative estimate of drug-likeness (QED) is 0.560. The molecule has 24 heavy (non-hydrogen) atoms. The Hall–Kier alpha value is -3.07. The minimum absolute atomic E-state index is 0.278. The molecule has 0 fully saturated rings. The van der Waals surface area contributed by atoms with E-state index in [9.17, 15) is 9.90 Å². The van der Waals surface area contributed by atoms with Crippen LogP contribution in [-0.4, -0.2) is 11.1 Å². The normalized spacial score (nSPS) is 10.3. The van der Waals surface area contributed by atoms with Crippen molar-refractivity contribution in [1.82, 2.24) is 0 Å². The molecule has 0 unspecified atom stereocenters. The minimum Gasteiger partial charge on any atom is -0.508 e. The van der Waals surface area contributed by atoms with Gasteiger partial charge in [0.25, 0.3) is 0 Å². The Morgan fingerprint density at radius 3 is 1.88 bits per heavy atom. The van der Waals surface area contributed by atoms with Crippen molar-refractivity contribution in [2.45, 2.75) is 12.8 Å². The highest BCUT2D eigenvalue weighted by Gasteiger charge is 2.08. The number of carbonyl (C=O) groups excluding carboxylic acids is 1. The van der Waals surface area contributed by atoms with Crippen LogP contribution in [0, 0.1) is 0 Å². The van der Waals surface area contributed by atoms with Crippen molar-refractivity contribution in [3.63, 3.8) is 0 Å². The van der Waals surface area contributed by atoms with Crippen molar-refractivity contribution in [1.29, 1.82) is 0 Å². The maximum Gasteiger partial charge on any atom is 0.343 e. The Labute approximate surface area is 141 Å². The van der Waals surface area contributed by atoms with Crippen LogP contribution in [0.3, 0.4) is 0 Å². The Bertz CT molecular complexity index is 791. The average Bonchev–Trinajstić information content (AvgIpc) is 2.62. The van der Waals surface area contributed by atoms with Crippen molar-refractivity contribution >= 4 is 5.97 Å². The van der Waals surface area contributed by atoms with Gasteiger partial charge in [-0.25, -0.2) is 4.79 Å². The molecule has 0 aliphatic rings.